The summed E-state index contributed by atoms with van der Waals surface area (Å²) in [6.07, 6.45) is 11.1. The minimum atomic E-state index is -0.866. The highest BCUT2D eigenvalue weighted by Gasteiger charge is 2.20. The Labute approximate surface area is 72.9 Å². The molecule has 62 valence electrons. The Balaban J connectivity index is 3.64. The van der Waals surface area contributed by atoms with Crippen LogP contribution in [0.5, 0.6) is 0 Å². The quantitative estimate of drug-likeness (QED) is 0.323. The first-order valence-electron chi connectivity index (χ1n) is 3.21. The molecule has 0 N–H and O–H groups in total. The fourth-order valence-electron chi connectivity index (χ4n) is 0.438. The second kappa shape index (κ2) is 7.75. The lowest BCUT2D eigenvalue weighted by Crippen LogP contribution is -2.25. The van der Waals surface area contributed by atoms with Crippen LogP contribution in [0.1, 0.15) is 0 Å². The van der Waals surface area contributed by atoms with E-state index in [1.54, 1.807) is 0 Å². The molecule has 0 heterocycles. The van der Waals surface area contributed by atoms with Crippen molar-refractivity contribution in [2.24, 2.45) is 0 Å². The highest BCUT2D eigenvalue weighted by molar-refractivity contribution is 6.36. The van der Waals surface area contributed by atoms with E-state index in [1.807, 2.05) is 0 Å². The van der Waals surface area contributed by atoms with Crippen molar-refractivity contribution in [3.63, 3.8) is 0 Å². The summed E-state index contributed by atoms with van der Waals surface area (Å²) in [5.74, 6) is 4.53. The van der Waals surface area contributed by atoms with Crippen molar-refractivity contribution in [2.75, 3.05) is 13.2 Å². The average Bonchev–Trinajstić information content (AvgIpc) is 2.10. The standard InChI is InChI=1S/C8H9BO3/c1-4-7-11-9(10-6-3)12-8-5-2/h1-2,6H,3,7-8H2. The first kappa shape index (κ1) is 10.6. The van der Waals surface area contributed by atoms with Crippen molar-refractivity contribution in [3.8, 4) is 24.7 Å². The smallest absolute Gasteiger partial charge is 0.519 e. The van der Waals surface area contributed by atoms with E-state index >= 15 is 0 Å². The molecule has 0 spiro atoms. The van der Waals surface area contributed by atoms with Gasteiger partial charge in [-0.1, -0.05) is 18.4 Å². The van der Waals surface area contributed by atoms with Gasteiger partial charge in [-0.2, -0.15) is 0 Å². The van der Waals surface area contributed by atoms with Crippen LogP contribution >= 0.6 is 0 Å². The molecule has 12 heavy (non-hydrogen) atoms. The van der Waals surface area contributed by atoms with Crippen LogP contribution in [0.2, 0.25) is 0 Å². The molecule has 3 nitrogen and oxygen atoms in total. The minimum Gasteiger partial charge on any atom is -0.519 e. The molecule has 4 heteroatoms. The molecule has 0 rings (SSSR count). The van der Waals surface area contributed by atoms with E-state index < -0.39 is 7.32 Å². The van der Waals surface area contributed by atoms with E-state index in [0.717, 1.165) is 0 Å². The third kappa shape index (κ3) is 5.43. The zero-order chi connectivity index (χ0) is 9.23. The van der Waals surface area contributed by atoms with Crippen LogP contribution in [0.25, 0.3) is 0 Å². The van der Waals surface area contributed by atoms with Crippen molar-refractivity contribution in [1.82, 2.24) is 0 Å². The minimum absolute atomic E-state index is 0.100. The van der Waals surface area contributed by atoms with E-state index in [-0.39, 0.29) is 13.2 Å². The van der Waals surface area contributed by atoms with E-state index in [0.29, 0.717) is 0 Å². The number of hydrogen-bond donors (Lipinski definition) is 0. The summed E-state index contributed by atoms with van der Waals surface area (Å²) < 4.78 is 14.5. The summed E-state index contributed by atoms with van der Waals surface area (Å²) in [6.45, 7) is 3.53. The van der Waals surface area contributed by atoms with Crippen LogP contribution in [0.4, 0.5) is 0 Å². The van der Waals surface area contributed by atoms with Gasteiger partial charge in [0.2, 0.25) is 0 Å². The van der Waals surface area contributed by atoms with Crippen molar-refractivity contribution >= 4 is 7.32 Å². The molecule has 0 aromatic heterocycles. The van der Waals surface area contributed by atoms with E-state index in [4.69, 9.17) is 26.8 Å². The summed E-state index contributed by atoms with van der Waals surface area (Å²) >= 11 is 0. The fourth-order valence-corrected chi connectivity index (χ4v) is 0.438. The molecule has 0 saturated carbocycles. The number of rotatable bonds is 6. The van der Waals surface area contributed by atoms with Crippen LogP contribution in [0.15, 0.2) is 12.8 Å². The summed E-state index contributed by atoms with van der Waals surface area (Å²) in [7, 11) is -0.866. The maximum Gasteiger partial charge on any atom is 0.714 e. The average molecular weight is 164 g/mol. The Morgan fingerprint density at radius 2 is 1.75 bits per heavy atom. The van der Waals surface area contributed by atoms with Crippen molar-refractivity contribution < 1.29 is 14.0 Å². The van der Waals surface area contributed by atoms with Gasteiger partial charge >= 0.3 is 7.32 Å². The lowest BCUT2D eigenvalue weighted by molar-refractivity contribution is 0.155. The van der Waals surface area contributed by atoms with E-state index in [2.05, 4.69) is 18.4 Å². The molecule has 0 amide bonds. The maximum atomic E-state index is 4.95. The van der Waals surface area contributed by atoms with Crippen LogP contribution in [0.3, 0.4) is 0 Å². The van der Waals surface area contributed by atoms with E-state index in [1.165, 1.54) is 6.26 Å². The van der Waals surface area contributed by atoms with Gasteiger partial charge in [-0.25, -0.2) is 0 Å². The zero-order valence-electron chi connectivity index (χ0n) is 6.66. The van der Waals surface area contributed by atoms with Crippen molar-refractivity contribution in [3.05, 3.63) is 12.8 Å². The number of hydrogen-bond acceptors (Lipinski definition) is 3. The molecule has 0 saturated heterocycles. The Kier molecular flexibility index (Phi) is 6.87. The first-order valence-corrected chi connectivity index (χ1v) is 3.21. The Hall–Kier alpha value is -1.36. The van der Waals surface area contributed by atoms with Gasteiger partial charge in [0.05, 0.1) is 19.5 Å². The summed E-state index contributed by atoms with van der Waals surface area (Å²) in [4.78, 5) is 0. The van der Waals surface area contributed by atoms with Crippen LogP contribution < -0.4 is 0 Å². The van der Waals surface area contributed by atoms with Gasteiger partial charge in [-0.3, -0.25) is 0 Å². The zero-order valence-corrected chi connectivity index (χ0v) is 6.66. The monoisotopic (exact) mass is 164 g/mol. The second-order valence-electron chi connectivity index (χ2n) is 1.62. The lowest BCUT2D eigenvalue weighted by atomic mass is 10.2. The van der Waals surface area contributed by atoms with Crippen molar-refractivity contribution in [1.29, 1.82) is 0 Å². The van der Waals surface area contributed by atoms with Crippen molar-refractivity contribution in [2.45, 2.75) is 0 Å². The molecule has 0 bridgehead atoms. The predicted octanol–water partition coefficient (Wildman–Crippen LogP) is 0.431. The molecule has 0 fully saturated rings. The molecular weight excluding hydrogens is 155 g/mol. The predicted molar refractivity (Wildman–Crippen MR) is 46.6 cm³/mol. The Morgan fingerprint density at radius 1 is 1.25 bits per heavy atom. The summed E-state index contributed by atoms with van der Waals surface area (Å²) in [6, 6.07) is 0. The molecule has 0 aliphatic carbocycles. The molecule has 0 atom stereocenters. The SMILES string of the molecule is C#CCOB(OC=C)OCC#C. The Morgan fingerprint density at radius 3 is 2.08 bits per heavy atom. The van der Waals surface area contributed by atoms with Gasteiger partial charge in [0, 0.05) is 0 Å². The van der Waals surface area contributed by atoms with Gasteiger partial charge in [-0.05, 0) is 0 Å². The highest BCUT2D eigenvalue weighted by Crippen LogP contribution is 1.91. The van der Waals surface area contributed by atoms with Crippen LogP contribution in [0, 0.1) is 24.7 Å². The van der Waals surface area contributed by atoms with E-state index in [9.17, 15) is 0 Å². The van der Waals surface area contributed by atoms with Crippen LogP contribution in [-0.2, 0) is 14.0 Å². The first-order chi connectivity index (χ1) is 5.85. The number of terminal acetylenes is 2. The molecule has 0 radical (unpaired) electrons. The Bertz CT molecular complexity index is 183. The topological polar surface area (TPSA) is 27.7 Å². The van der Waals surface area contributed by atoms with Crippen LogP contribution in [-0.4, -0.2) is 20.5 Å². The van der Waals surface area contributed by atoms with Gasteiger partial charge in [0.15, 0.2) is 0 Å². The fraction of sp³-hybridized carbons (Fsp3) is 0.250. The molecular formula is C8H9BO3. The molecule has 0 unspecified atom stereocenters. The van der Waals surface area contributed by atoms with Gasteiger partial charge in [0.25, 0.3) is 0 Å². The van der Waals surface area contributed by atoms with Gasteiger partial charge in [0.1, 0.15) is 0 Å². The normalized spacial score (nSPS) is 7.83. The third-order valence-electron chi connectivity index (χ3n) is 0.813. The lowest BCUT2D eigenvalue weighted by Gasteiger charge is -2.08. The second-order valence-corrected chi connectivity index (χ2v) is 1.62. The molecule has 0 aliphatic rings. The highest BCUT2D eigenvalue weighted by atomic mass is 16.7. The largest absolute Gasteiger partial charge is 0.714 e. The summed E-state index contributed by atoms with van der Waals surface area (Å²) in [5.41, 5.74) is 0. The van der Waals surface area contributed by atoms with Gasteiger partial charge < -0.3 is 14.0 Å². The summed E-state index contributed by atoms with van der Waals surface area (Å²) in [5, 5.41) is 0. The molecule has 0 aromatic carbocycles. The molecule has 0 aliphatic heterocycles. The maximum absolute atomic E-state index is 4.95. The third-order valence-corrected chi connectivity index (χ3v) is 0.813. The van der Waals surface area contributed by atoms with Gasteiger partial charge in [-0.15, -0.1) is 12.8 Å². The molecule has 0 aromatic rings.